The lowest BCUT2D eigenvalue weighted by Crippen LogP contribution is -2.32. The van der Waals surface area contributed by atoms with Crippen molar-refractivity contribution in [2.75, 3.05) is 14.1 Å². The molecule has 3 rings (SSSR count). The second-order valence-electron chi connectivity index (χ2n) is 6.83. The molecule has 3 atom stereocenters. The van der Waals surface area contributed by atoms with Crippen molar-refractivity contribution in [3.63, 3.8) is 0 Å². The SMILES string of the molecule is CN(C)C(=O)[C@H]1C[C@@H]1[C@H](NC(=O)OCc1ccccc1)c1ccccc1. The summed E-state index contributed by atoms with van der Waals surface area (Å²) in [4.78, 5) is 26.2. The van der Waals surface area contributed by atoms with Gasteiger partial charge in [-0.3, -0.25) is 4.79 Å². The molecule has 26 heavy (non-hydrogen) atoms. The van der Waals surface area contributed by atoms with E-state index < -0.39 is 6.09 Å². The summed E-state index contributed by atoms with van der Waals surface area (Å²) in [6.07, 6.45) is 0.306. The average Bonchev–Trinajstić information content (AvgIpc) is 3.45. The maximum atomic E-state index is 12.3. The molecule has 2 aromatic rings. The number of hydrogen-bond donors (Lipinski definition) is 1. The zero-order valence-electron chi connectivity index (χ0n) is 15.1. The molecule has 0 spiro atoms. The normalized spacial score (nSPS) is 19.3. The first-order valence-corrected chi connectivity index (χ1v) is 8.79. The van der Waals surface area contributed by atoms with Gasteiger partial charge in [-0.2, -0.15) is 0 Å². The van der Waals surface area contributed by atoms with Crippen molar-refractivity contribution >= 4 is 12.0 Å². The molecule has 5 nitrogen and oxygen atoms in total. The molecule has 1 aliphatic rings. The molecule has 0 saturated heterocycles. The second kappa shape index (κ2) is 8.04. The number of ether oxygens (including phenoxy) is 1. The van der Waals surface area contributed by atoms with Crippen LogP contribution in [0.15, 0.2) is 60.7 Å². The van der Waals surface area contributed by atoms with Crippen LogP contribution in [0, 0.1) is 11.8 Å². The highest BCUT2D eigenvalue weighted by Crippen LogP contribution is 2.48. The van der Waals surface area contributed by atoms with Crippen LogP contribution in [-0.2, 0) is 16.1 Å². The van der Waals surface area contributed by atoms with Crippen LogP contribution in [0.4, 0.5) is 4.79 Å². The van der Waals surface area contributed by atoms with Gasteiger partial charge in [0.25, 0.3) is 0 Å². The highest BCUT2D eigenvalue weighted by atomic mass is 16.5. The summed E-state index contributed by atoms with van der Waals surface area (Å²) in [5.41, 5.74) is 1.93. The molecule has 1 saturated carbocycles. The maximum absolute atomic E-state index is 12.3. The summed E-state index contributed by atoms with van der Waals surface area (Å²) < 4.78 is 5.36. The molecular formula is C21H24N2O3. The summed E-state index contributed by atoms with van der Waals surface area (Å²) in [6, 6.07) is 19.1. The topological polar surface area (TPSA) is 58.6 Å². The van der Waals surface area contributed by atoms with Gasteiger partial charge in [0.2, 0.25) is 5.91 Å². The molecule has 1 N–H and O–H groups in total. The molecule has 2 amide bonds. The molecule has 1 fully saturated rings. The third kappa shape index (κ3) is 4.42. The van der Waals surface area contributed by atoms with E-state index >= 15 is 0 Å². The van der Waals surface area contributed by atoms with Gasteiger partial charge in [-0.05, 0) is 23.5 Å². The molecule has 0 aromatic heterocycles. The van der Waals surface area contributed by atoms with Gasteiger partial charge < -0.3 is 15.0 Å². The van der Waals surface area contributed by atoms with Gasteiger partial charge in [0.1, 0.15) is 6.61 Å². The van der Waals surface area contributed by atoms with Crippen molar-refractivity contribution in [2.24, 2.45) is 11.8 Å². The van der Waals surface area contributed by atoms with Crippen LogP contribution >= 0.6 is 0 Å². The van der Waals surface area contributed by atoms with E-state index in [1.807, 2.05) is 60.7 Å². The Balaban J connectivity index is 1.65. The number of carbonyl (C=O) groups is 2. The number of amides is 2. The maximum Gasteiger partial charge on any atom is 0.407 e. The lowest BCUT2D eigenvalue weighted by molar-refractivity contribution is -0.130. The van der Waals surface area contributed by atoms with Crippen molar-refractivity contribution < 1.29 is 14.3 Å². The van der Waals surface area contributed by atoms with Gasteiger partial charge >= 0.3 is 6.09 Å². The zero-order valence-corrected chi connectivity index (χ0v) is 15.1. The number of benzene rings is 2. The highest BCUT2D eigenvalue weighted by Gasteiger charge is 2.49. The van der Waals surface area contributed by atoms with E-state index in [1.165, 1.54) is 0 Å². The van der Waals surface area contributed by atoms with Gasteiger partial charge in [0.05, 0.1) is 6.04 Å². The van der Waals surface area contributed by atoms with Gasteiger partial charge in [0.15, 0.2) is 0 Å². The fourth-order valence-electron chi connectivity index (χ4n) is 3.19. The van der Waals surface area contributed by atoms with Crippen LogP contribution in [0.2, 0.25) is 0 Å². The van der Waals surface area contributed by atoms with E-state index in [9.17, 15) is 9.59 Å². The summed E-state index contributed by atoms with van der Waals surface area (Å²) in [6.45, 7) is 0.221. The largest absolute Gasteiger partial charge is 0.445 e. The van der Waals surface area contributed by atoms with Crippen LogP contribution in [0.25, 0.3) is 0 Å². The summed E-state index contributed by atoms with van der Waals surface area (Å²) >= 11 is 0. The van der Waals surface area contributed by atoms with Crippen molar-refractivity contribution in [2.45, 2.75) is 19.1 Å². The Hall–Kier alpha value is -2.82. The van der Waals surface area contributed by atoms with Gasteiger partial charge in [0, 0.05) is 20.0 Å². The third-order valence-corrected chi connectivity index (χ3v) is 4.67. The lowest BCUT2D eigenvalue weighted by atomic mass is 10.0. The molecule has 2 aromatic carbocycles. The monoisotopic (exact) mass is 352 g/mol. The minimum Gasteiger partial charge on any atom is -0.445 e. The minimum absolute atomic E-state index is 0.0513. The van der Waals surface area contributed by atoms with E-state index in [0.29, 0.717) is 0 Å². The van der Waals surface area contributed by atoms with E-state index in [0.717, 1.165) is 17.5 Å². The number of nitrogens with one attached hydrogen (secondary N) is 1. The van der Waals surface area contributed by atoms with Gasteiger partial charge in [-0.25, -0.2) is 4.79 Å². The van der Waals surface area contributed by atoms with E-state index in [-0.39, 0.29) is 30.4 Å². The molecule has 0 bridgehead atoms. The van der Waals surface area contributed by atoms with Crippen LogP contribution < -0.4 is 5.32 Å². The fraction of sp³-hybridized carbons (Fsp3) is 0.333. The van der Waals surface area contributed by atoms with Crippen LogP contribution in [-0.4, -0.2) is 31.0 Å². The Bertz CT molecular complexity index is 746. The predicted octanol–water partition coefficient (Wildman–Crippen LogP) is 3.38. The standard InChI is InChI=1S/C21H24N2O3/c1-23(2)20(24)18-13-17(18)19(16-11-7-4-8-12-16)22-21(25)26-14-15-9-5-3-6-10-15/h3-12,17-19H,13-14H2,1-2H3,(H,22,25)/t17-,18-,19+/m0/s1. The first kappa shape index (κ1) is 18.0. The molecule has 0 radical (unpaired) electrons. The molecular weight excluding hydrogens is 328 g/mol. The Kier molecular flexibility index (Phi) is 5.56. The molecule has 5 heteroatoms. The number of hydrogen-bond acceptors (Lipinski definition) is 3. The third-order valence-electron chi connectivity index (χ3n) is 4.67. The summed E-state index contributed by atoms with van der Waals surface area (Å²) in [7, 11) is 3.52. The number of alkyl carbamates (subject to hydrolysis) is 1. The molecule has 0 unspecified atom stereocenters. The molecule has 0 aliphatic heterocycles. The Morgan fingerprint density at radius 3 is 2.31 bits per heavy atom. The smallest absolute Gasteiger partial charge is 0.407 e. The zero-order chi connectivity index (χ0) is 18.5. The Morgan fingerprint density at radius 2 is 1.69 bits per heavy atom. The quantitative estimate of drug-likeness (QED) is 0.867. The Morgan fingerprint density at radius 1 is 1.08 bits per heavy atom. The minimum atomic E-state index is -0.467. The van der Waals surface area contributed by atoms with E-state index in [1.54, 1.807) is 19.0 Å². The van der Waals surface area contributed by atoms with Crippen molar-refractivity contribution in [1.29, 1.82) is 0 Å². The van der Waals surface area contributed by atoms with E-state index in [4.69, 9.17) is 4.74 Å². The van der Waals surface area contributed by atoms with E-state index in [2.05, 4.69) is 5.32 Å². The first-order valence-electron chi connectivity index (χ1n) is 8.79. The number of carbonyl (C=O) groups excluding carboxylic acids is 2. The van der Waals surface area contributed by atoms with Crippen molar-refractivity contribution in [3.8, 4) is 0 Å². The second-order valence-corrected chi connectivity index (χ2v) is 6.83. The van der Waals surface area contributed by atoms with Crippen LogP contribution in [0.3, 0.4) is 0 Å². The molecule has 0 heterocycles. The van der Waals surface area contributed by atoms with Gasteiger partial charge in [-0.15, -0.1) is 0 Å². The fourth-order valence-corrected chi connectivity index (χ4v) is 3.19. The van der Waals surface area contributed by atoms with Crippen molar-refractivity contribution in [3.05, 3.63) is 71.8 Å². The Labute approximate surface area is 154 Å². The average molecular weight is 352 g/mol. The predicted molar refractivity (Wildman–Crippen MR) is 99.2 cm³/mol. The van der Waals surface area contributed by atoms with Crippen LogP contribution in [0.5, 0.6) is 0 Å². The lowest BCUT2D eigenvalue weighted by Gasteiger charge is -2.20. The van der Waals surface area contributed by atoms with Crippen molar-refractivity contribution in [1.82, 2.24) is 10.2 Å². The number of rotatable bonds is 6. The molecule has 136 valence electrons. The van der Waals surface area contributed by atoms with Crippen LogP contribution in [0.1, 0.15) is 23.6 Å². The molecule has 1 aliphatic carbocycles. The summed E-state index contributed by atoms with van der Waals surface area (Å²) in [5, 5.41) is 2.96. The highest BCUT2D eigenvalue weighted by molar-refractivity contribution is 5.81. The number of nitrogens with zero attached hydrogens (tertiary/aromatic N) is 1. The van der Waals surface area contributed by atoms with Gasteiger partial charge in [-0.1, -0.05) is 60.7 Å². The summed E-state index contributed by atoms with van der Waals surface area (Å²) in [5.74, 6) is 0.150. The first-order chi connectivity index (χ1) is 12.6.